The Morgan fingerprint density at radius 1 is 1.46 bits per heavy atom. The molecule has 3 heterocycles. The van der Waals surface area contributed by atoms with Crippen molar-refractivity contribution in [3.05, 3.63) is 34.4 Å². The van der Waals surface area contributed by atoms with E-state index in [1.54, 1.807) is 6.92 Å². The van der Waals surface area contributed by atoms with Crippen molar-refractivity contribution in [3.63, 3.8) is 0 Å². The number of halogens is 3. The summed E-state index contributed by atoms with van der Waals surface area (Å²) in [5.74, 6) is -0.426. The van der Waals surface area contributed by atoms with E-state index >= 15 is 0 Å². The predicted octanol–water partition coefficient (Wildman–Crippen LogP) is 1.83. The average Bonchev–Trinajstić information content (AvgIpc) is 3.00. The van der Waals surface area contributed by atoms with E-state index < -0.39 is 22.4 Å². The van der Waals surface area contributed by atoms with Crippen LogP contribution in [-0.4, -0.2) is 36.7 Å². The molecule has 0 aliphatic carbocycles. The smallest absolute Gasteiger partial charge is 0.434 e. The zero-order valence-corrected chi connectivity index (χ0v) is 12.1. The Bertz CT molecular complexity index is 750. The largest absolute Gasteiger partial charge is 0.472 e. The van der Waals surface area contributed by atoms with Gasteiger partial charge in [-0.15, -0.1) is 0 Å². The molecule has 2 aromatic rings. The lowest BCUT2D eigenvalue weighted by Crippen LogP contribution is -2.38. The molecule has 12 heteroatoms. The van der Waals surface area contributed by atoms with Crippen molar-refractivity contribution >= 4 is 5.82 Å². The van der Waals surface area contributed by atoms with Gasteiger partial charge in [0.15, 0.2) is 11.3 Å². The van der Waals surface area contributed by atoms with Gasteiger partial charge in [-0.2, -0.15) is 13.2 Å². The van der Waals surface area contributed by atoms with Crippen molar-refractivity contribution in [1.29, 1.82) is 0 Å². The van der Waals surface area contributed by atoms with Crippen LogP contribution in [0, 0.1) is 10.1 Å². The summed E-state index contributed by atoms with van der Waals surface area (Å²) < 4.78 is 49.5. The van der Waals surface area contributed by atoms with E-state index in [1.807, 2.05) is 0 Å². The Balaban J connectivity index is 1.63. The molecule has 0 saturated carbocycles. The number of rotatable bonds is 4. The van der Waals surface area contributed by atoms with Crippen LogP contribution in [0.1, 0.15) is 12.6 Å². The van der Waals surface area contributed by atoms with E-state index in [0.29, 0.717) is 6.20 Å². The molecule has 0 saturated heterocycles. The summed E-state index contributed by atoms with van der Waals surface area (Å²) in [5.41, 5.74) is -2.01. The van der Waals surface area contributed by atoms with Crippen LogP contribution in [0.3, 0.4) is 0 Å². The van der Waals surface area contributed by atoms with Crippen molar-refractivity contribution in [2.24, 2.45) is 0 Å². The second-order valence-corrected chi connectivity index (χ2v) is 5.34. The maximum atomic E-state index is 12.4. The lowest BCUT2D eigenvalue weighted by Gasteiger charge is -2.21. The zero-order valence-electron chi connectivity index (χ0n) is 12.1. The predicted molar refractivity (Wildman–Crippen MR) is 70.4 cm³/mol. The molecule has 1 aliphatic heterocycles. The van der Waals surface area contributed by atoms with Crippen molar-refractivity contribution in [2.45, 2.75) is 25.2 Å². The Morgan fingerprint density at radius 2 is 2.21 bits per heavy atom. The number of nitro groups is 1. The molecule has 0 radical (unpaired) electrons. The van der Waals surface area contributed by atoms with E-state index in [0.717, 1.165) is 6.20 Å². The number of imidazole rings is 1. The van der Waals surface area contributed by atoms with Crippen LogP contribution in [0.15, 0.2) is 18.6 Å². The molecule has 0 spiro atoms. The molecule has 3 rings (SSSR count). The summed E-state index contributed by atoms with van der Waals surface area (Å²) in [6.07, 6.45) is -1.90. The van der Waals surface area contributed by atoms with Crippen LogP contribution in [-0.2, 0) is 12.7 Å². The van der Waals surface area contributed by atoms with Crippen LogP contribution in [0.4, 0.5) is 19.0 Å². The molecule has 1 aliphatic rings. The molecule has 1 atom stereocenters. The van der Waals surface area contributed by atoms with Crippen LogP contribution in [0.5, 0.6) is 11.9 Å². The maximum absolute atomic E-state index is 12.4. The highest BCUT2D eigenvalue weighted by Gasteiger charge is 2.41. The van der Waals surface area contributed by atoms with Crippen LogP contribution >= 0.6 is 0 Å². The summed E-state index contributed by atoms with van der Waals surface area (Å²) in [4.78, 5) is 20.5. The van der Waals surface area contributed by atoms with Gasteiger partial charge in [0.2, 0.25) is 5.88 Å². The van der Waals surface area contributed by atoms with Crippen LogP contribution in [0.2, 0.25) is 0 Å². The van der Waals surface area contributed by atoms with Crippen molar-refractivity contribution in [3.8, 4) is 11.9 Å². The number of aromatic nitrogens is 4. The van der Waals surface area contributed by atoms with Crippen molar-refractivity contribution in [1.82, 2.24) is 19.5 Å². The summed E-state index contributed by atoms with van der Waals surface area (Å²) in [6.45, 7) is 1.85. The molecule has 2 aromatic heterocycles. The first-order valence-corrected chi connectivity index (χ1v) is 6.59. The molecule has 128 valence electrons. The Hall–Kier alpha value is -2.92. The van der Waals surface area contributed by atoms with Gasteiger partial charge in [0.05, 0.1) is 18.9 Å². The van der Waals surface area contributed by atoms with Gasteiger partial charge in [-0.1, -0.05) is 0 Å². The van der Waals surface area contributed by atoms with Gasteiger partial charge >= 0.3 is 18.0 Å². The fraction of sp³-hybridized carbons (Fsp3) is 0.417. The molecule has 1 unspecified atom stereocenters. The lowest BCUT2D eigenvalue weighted by atomic mass is 10.1. The van der Waals surface area contributed by atoms with Crippen molar-refractivity contribution in [2.75, 3.05) is 6.61 Å². The van der Waals surface area contributed by atoms with Gasteiger partial charge in [0.25, 0.3) is 0 Å². The molecule has 0 N–H and O–H groups in total. The number of ether oxygens (including phenoxy) is 2. The van der Waals surface area contributed by atoms with Crippen LogP contribution < -0.4 is 9.47 Å². The molecule has 0 bridgehead atoms. The Kier molecular flexibility index (Phi) is 3.53. The van der Waals surface area contributed by atoms with Gasteiger partial charge in [0.1, 0.15) is 12.8 Å². The molecule has 0 aromatic carbocycles. The number of fused-ring (bicyclic) bond motifs is 1. The van der Waals surface area contributed by atoms with Gasteiger partial charge in [-0.05, 0) is 11.8 Å². The first-order chi connectivity index (χ1) is 11.2. The monoisotopic (exact) mass is 345 g/mol. The zero-order chi connectivity index (χ0) is 17.5. The van der Waals surface area contributed by atoms with Gasteiger partial charge in [-0.25, -0.2) is 9.97 Å². The fourth-order valence-electron chi connectivity index (χ4n) is 2.12. The van der Waals surface area contributed by atoms with E-state index in [-0.39, 0.29) is 30.9 Å². The van der Waals surface area contributed by atoms with E-state index in [1.165, 1.54) is 10.8 Å². The number of hydrogen-bond acceptors (Lipinski definition) is 7. The fourth-order valence-corrected chi connectivity index (χ4v) is 2.12. The highest BCUT2D eigenvalue weighted by atomic mass is 19.4. The minimum absolute atomic E-state index is 0.0514. The molecular formula is C12H10F3N5O4. The molecule has 24 heavy (non-hydrogen) atoms. The summed E-state index contributed by atoms with van der Waals surface area (Å²) in [6, 6.07) is 0.0753. The number of nitrogens with zero attached hydrogens (tertiary/aromatic N) is 5. The van der Waals surface area contributed by atoms with Crippen LogP contribution in [0.25, 0.3) is 0 Å². The second kappa shape index (κ2) is 5.32. The lowest BCUT2D eigenvalue weighted by molar-refractivity contribution is -0.389. The van der Waals surface area contributed by atoms with Crippen molar-refractivity contribution < 1.29 is 27.6 Å². The minimum Gasteiger partial charge on any atom is -0.472 e. The third-order valence-electron chi connectivity index (χ3n) is 3.20. The van der Waals surface area contributed by atoms with Gasteiger partial charge in [0, 0.05) is 4.98 Å². The van der Waals surface area contributed by atoms with Gasteiger partial charge < -0.3 is 19.6 Å². The normalized spacial score (nSPS) is 19.7. The minimum atomic E-state index is -4.57. The molecule has 0 fully saturated rings. The first kappa shape index (κ1) is 16.0. The Morgan fingerprint density at radius 3 is 2.75 bits per heavy atom. The topological polar surface area (TPSA) is 105 Å². The molecule has 9 nitrogen and oxygen atoms in total. The molecule has 0 amide bonds. The van der Waals surface area contributed by atoms with E-state index in [9.17, 15) is 23.3 Å². The average molecular weight is 345 g/mol. The molecular weight excluding hydrogens is 335 g/mol. The SMILES string of the molecule is CC1(COc2cnc(C(F)(F)F)cn2)Cn2cc([N+](=O)[O-])nc2O1. The quantitative estimate of drug-likeness (QED) is 0.615. The highest BCUT2D eigenvalue weighted by Crippen LogP contribution is 2.31. The number of alkyl halides is 3. The van der Waals surface area contributed by atoms with E-state index in [2.05, 4.69) is 15.0 Å². The highest BCUT2D eigenvalue weighted by molar-refractivity contribution is 5.24. The second-order valence-electron chi connectivity index (χ2n) is 5.34. The summed E-state index contributed by atoms with van der Waals surface area (Å²) in [7, 11) is 0. The third-order valence-corrected chi connectivity index (χ3v) is 3.20. The van der Waals surface area contributed by atoms with E-state index in [4.69, 9.17) is 9.47 Å². The first-order valence-electron chi connectivity index (χ1n) is 6.59. The van der Waals surface area contributed by atoms with Gasteiger partial charge in [-0.3, -0.25) is 4.57 Å². The standard InChI is InChI=1S/C12H10F3N5O4/c1-11(5-19-4-8(20(21)22)18-10(19)24-11)6-23-9-3-16-7(2-17-9)12(13,14)15/h2-4H,5-6H2,1H3. The summed E-state index contributed by atoms with van der Waals surface area (Å²) >= 11 is 0. The third kappa shape index (κ3) is 3.07. The maximum Gasteiger partial charge on any atom is 0.434 e. The number of hydrogen-bond donors (Lipinski definition) is 0. The summed E-state index contributed by atoms with van der Waals surface area (Å²) in [5, 5.41) is 10.6. The Labute approximate surface area is 132 Å².